The number of nitrogens with zero attached hydrogens (tertiary/aromatic N) is 2. The second-order valence-corrected chi connectivity index (χ2v) is 5.72. The van der Waals surface area contributed by atoms with Gasteiger partial charge in [0.05, 0.1) is 0 Å². The van der Waals surface area contributed by atoms with Crippen LogP contribution < -0.4 is 0 Å². The monoisotopic (exact) mass is 242 g/mol. The predicted octanol–water partition coefficient (Wildman–Crippen LogP) is 1.09. The Morgan fingerprint density at radius 2 is 1.71 bits per heavy atom. The summed E-state index contributed by atoms with van der Waals surface area (Å²) >= 11 is 0. The van der Waals surface area contributed by atoms with Crippen LogP contribution >= 0.6 is 0 Å². The van der Waals surface area contributed by atoms with Gasteiger partial charge in [-0.25, -0.2) is 0 Å². The highest BCUT2D eigenvalue weighted by atomic mass is 16.3. The number of hydrogen-bond acceptors (Lipinski definition) is 3. The van der Waals surface area contributed by atoms with Crippen molar-refractivity contribution in [1.29, 1.82) is 0 Å². The number of piperazine rings is 1. The third kappa shape index (κ3) is 4.64. The normalized spacial score (nSPS) is 18.5. The molecule has 1 amide bonds. The molecular weight excluding hydrogens is 216 g/mol. The van der Waals surface area contributed by atoms with Crippen LogP contribution in [0.4, 0.5) is 0 Å². The molecule has 1 saturated heterocycles. The van der Waals surface area contributed by atoms with Crippen LogP contribution in [-0.2, 0) is 4.79 Å². The van der Waals surface area contributed by atoms with Gasteiger partial charge < -0.3 is 10.0 Å². The van der Waals surface area contributed by atoms with Crippen molar-refractivity contribution >= 4 is 5.91 Å². The second-order valence-electron chi connectivity index (χ2n) is 5.72. The highest BCUT2D eigenvalue weighted by molar-refractivity contribution is 5.76. The molecule has 1 aliphatic heterocycles. The first kappa shape index (κ1) is 14.5. The standard InChI is InChI=1S/C13H26N2O2/c1-13(2,3)15-9-7-14(8-10-15)12(17)6-4-5-11-16/h16H,4-11H2,1-3H3. The second kappa shape index (κ2) is 6.36. The summed E-state index contributed by atoms with van der Waals surface area (Å²) in [4.78, 5) is 16.2. The summed E-state index contributed by atoms with van der Waals surface area (Å²) in [5.74, 6) is 0.243. The molecule has 0 atom stereocenters. The largest absolute Gasteiger partial charge is 0.396 e. The lowest BCUT2D eigenvalue weighted by Gasteiger charge is -2.42. The third-order valence-electron chi connectivity index (χ3n) is 3.38. The van der Waals surface area contributed by atoms with Crippen LogP contribution in [0.2, 0.25) is 0 Å². The highest BCUT2D eigenvalue weighted by Gasteiger charge is 2.27. The number of aliphatic hydroxyl groups is 1. The van der Waals surface area contributed by atoms with Crippen molar-refractivity contribution in [3.63, 3.8) is 0 Å². The topological polar surface area (TPSA) is 43.8 Å². The van der Waals surface area contributed by atoms with E-state index in [1.54, 1.807) is 0 Å². The fourth-order valence-corrected chi connectivity index (χ4v) is 2.17. The summed E-state index contributed by atoms with van der Waals surface area (Å²) in [6.45, 7) is 10.4. The Labute approximate surface area is 105 Å². The maximum atomic E-state index is 11.9. The molecule has 0 aromatic heterocycles. The third-order valence-corrected chi connectivity index (χ3v) is 3.38. The van der Waals surface area contributed by atoms with Crippen LogP contribution in [0.3, 0.4) is 0 Å². The molecule has 1 rings (SSSR count). The molecule has 0 aromatic carbocycles. The van der Waals surface area contributed by atoms with Crippen LogP contribution in [0.15, 0.2) is 0 Å². The van der Waals surface area contributed by atoms with Gasteiger partial charge in [0.2, 0.25) is 5.91 Å². The van der Waals surface area contributed by atoms with Gasteiger partial charge in [0.25, 0.3) is 0 Å². The first-order valence-electron chi connectivity index (χ1n) is 6.59. The van der Waals surface area contributed by atoms with Crippen LogP contribution in [0.1, 0.15) is 40.0 Å². The van der Waals surface area contributed by atoms with Gasteiger partial charge in [-0.1, -0.05) is 0 Å². The molecule has 1 N–H and O–H groups in total. The highest BCUT2D eigenvalue weighted by Crippen LogP contribution is 2.16. The summed E-state index contributed by atoms with van der Waals surface area (Å²) in [5, 5.41) is 8.68. The van der Waals surface area contributed by atoms with Crippen molar-refractivity contribution in [1.82, 2.24) is 9.80 Å². The van der Waals surface area contributed by atoms with Crippen LogP contribution in [-0.4, -0.2) is 59.1 Å². The molecule has 17 heavy (non-hydrogen) atoms. The lowest BCUT2D eigenvalue weighted by atomic mass is 10.0. The van der Waals surface area contributed by atoms with Gasteiger partial charge in [-0.2, -0.15) is 0 Å². The molecule has 1 aliphatic rings. The molecule has 4 heteroatoms. The smallest absolute Gasteiger partial charge is 0.222 e. The predicted molar refractivity (Wildman–Crippen MR) is 68.8 cm³/mol. The van der Waals surface area contributed by atoms with Gasteiger partial charge in [0, 0.05) is 44.7 Å². The van der Waals surface area contributed by atoms with Gasteiger partial charge in [-0.15, -0.1) is 0 Å². The summed E-state index contributed by atoms with van der Waals surface area (Å²) in [7, 11) is 0. The summed E-state index contributed by atoms with van der Waals surface area (Å²) in [5.41, 5.74) is 0.200. The Morgan fingerprint density at radius 3 is 2.18 bits per heavy atom. The first-order chi connectivity index (χ1) is 7.95. The average molecular weight is 242 g/mol. The van der Waals surface area contributed by atoms with E-state index in [1.807, 2.05) is 4.90 Å². The van der Waals surface area contributed by atoms with Crippen LogP contribution in [0, 0.1) is 0 Å². The Bertz CT molecular complexity index is 240. The zero-order valence-electron chi connectivity index (χ0n) is 11.4. The zero-order valence-corrected chi connectivity index (χ0v) is 11.4. The van der Waals surface area contributed by atoms with E-state index in [0.717, 1.165) is 39.0 Å². The van der Waals surface area contributed by atoms with E-state index in [9.17, 15) is 4.79 Å². The van der Waals surface area contributed by atoms with Crippen molar-refractivity contribution in [2.45, 2.75) is 45.6 Å². The first-order valence-corrected chi connectivity index (χ1v) is 6.59. The lowest BCUT2D eigenvalue weighted by Crippen LogP contribution is -2.54. The van der Waals surface area contributed by atoms with Crippen molar-refractivity contribution in [2.24, 2.45) is 0 Å². The Morgan fingerprint density at radius 1 is 1.12 bits per heavy atom. The maximum Gasteiger partial charge on any atom is 0.222 e. The van der Waals surface area contributed by atoms with E-state index in [-0.39, 0.29) is 18.1 Å². The quantitative estimate of drug-likeness (QED) is 0.751. The van der Waals surface area contributed by atoms with E-state index in [2.05, 4.69) is 25.7 Å². The molecule has 100 valence electrons. The molecule has 0 saturated carbocycles. The lowest BCUT2D eigenvalue weighted by molar-refractivity contribution is -0.133. The molecule has 0 bridgehead atoms. The Balaban J connectivity index is 2.29. The fraction of sp³-hybridized carbons (Fsp3) is 0.923. The van der Waals surface area contributed by atoms with Crippen molar-refractivity contribution < 1.29 is 9.90 Å². The van der Waals surface area contributed by atoms with Crippen LogP contribution in [0.25, 0.3) is 0 Å². The minimum atomic E-state index is 0.186. The molecule has 0 aromatic rings. The summed E-state index contributed by atoms with van der Waals surface area (Å²) in [6.07, 6.45) is 2.11. The molecule has 0 unspecified atom stereocenters. The number of rotatable bonds is 4. The molecule has 1 heterocycles. The SMILES string of the molecule is CC(C)(C)N1CCN(C(=O)CCCCO)CC1. The number of aliphatic hydroxyl groups excluding tert-OH is 1. The number of carbonyl (C=O) groups is 1. The minimum Gasteiger partial charge on any atom is -0.396 e. The molecule has 0 spiro atoms. The van der Waals surface area contributed by atoms with Gasteiger partial charge in [0.15, 0.2) is 0 Å². The number of unbranched alkanes of at least 4 members (excludes halogenated alkanes) is 1. The minimum absolute atomic E-state index is 0.186. The van der Waals surface area contributed by atoms with E-state index < -0.39 is 0 Å². The molecule has 0 radical (unpaired) electrons. The maximum absolute atomic E-state index is 11.9. The molecular formula is C13H26N2O2. The van der Waals surface area contributed by atoms with Crippen LogP contribution in [0.5, 0.6) is 0 Å². The number of hydrogen-bond donors (Lipinski definition) is 1. The van der Waals surface area contributed by atoms with Gasteiger partial charge >= 0.3 is 0 Å². The fourth-order valence-electron chi connectivity index (χ4n) is 2.17. The Kier molecular flexibility index (Phi) is 5.40. The number of amides is 1. The van der Waals surface area contributed by atoms with E-state index in [0.29, 0.717) is 6.42 Å². The molecule has 4 nitrogen and oxygen atoms in total. The zero-order chi connectivity index (χ0) is 12.9. The van der Waals surface area contributed by atoms with Gasteiger partial charge in [-0.05, 0) is 33.6 Å². The van der Waals surface area contributed by atoms with Crippen molar-refractivity contribution in [2.75, 3.05) is 32.8 Å². The van der Waals surface area contributed by atoms with Gasteiger partial charge in [-0.3, -0.25) is 9.69 Å². The summed E-state index contributed by atoms with van der Waals surface area (Å²) in [6, 6.07) is 0. The Hall–Kier alpha value is -0.610. The van der Waals surface area contributed by atoms with Crippen molar-refractivity contribution in [3.05, 3.63) is 0 Å². The van der Waals surface area contributed by atoms with E-state index in [4.69, 9.17) is 5.11 Å². The molecule has 0 aliphatic carbocycles. The van der Waals surface area contributed by atoms with Crippen molar-refractivity contribution in [3.8, 4) is 0 Å². The van der Waals surface area contributed by atoms with Gasteiger partial charge in [0.1, 0.15) is 0 Å². The molecule has 1 fully saturated rings. The number of carbonyl (C=O) groups excluding carboxylic acids is 1. The van der Waals surface area contributed by atoms with E-state index in [1.165, 1.54) is 0 Å². The van der Waals surface area contributed by atoms with E-state index >= 15 is 0 Å². The summed E-state index contributed by atoms with van der Waals surface area (Å²) < 4.78 is 0. The average Bonchev–Trinajstić information content (AvgIpc) is 2.28.